The Kier molecular flexibility index (Phi) is 29.4. The van der Waals surface area contributed by atoms with Crippen molar-refractivity contribution in [1.82, 2.24) is 5.32 Å². The van der Waals surface area contributed by atoms with Crippen molar-refractivity contribution in [3.63, 3.8) is 0 Å². The lowest BCUT2D eigenvalue weighted by molar-refractivity contribution is 0.433. The number of hydrogen-bond acceptors (Lipinski definition) is 1. The molecule has 0 fully saturated rings. The first-order chi connectivity index (χ1) is 9.35. The third kappa shape index (κ3) is 20.0. The lowest BCUT2D eigenvalue weighted by atomic mass is 9.87. The van der Waals surface area contributed by atoms with Crippen LogP contribution in [0.3, 0.4) is 0 Å². The SMILES string of the molecule is C=C(CC(C)CCC)C(C)(C)NC.CC.CC.CCC. The predicted molar refractivity (Wildman–Crippen MR) is 99.6 cm³/mol. The lowest BCUT2D eigenvalue weighted by Gasteiger charge is -2.28. The minimum atomic E-state index is 0.0853. The Morgan fingerprint density at radius 2 is 1.40 bits per heavy atom. The van der Waals surface area contributed by atoms with Gasteiger partial charge < -0.3 is 5.32 Å². The molecule has 1 atom stereocenters. The molecule has 20 heavy (non-hydrogen) atoms. The molecule has 0 saturated heterocycles. The van der Waals surface area contributed by atoms with Gasteiger partial charge >= 0.3 is 0 Å². The van der Waals surface area contributed by atoms with Crippen molar-refractivity contribution in [2.24, 2.45) is 5.92 Å². The molecule has 0 spiro atoms. The molecule has 1 unspecified atom stereocenters. The molecular formula is C19H45N. The maximum absolute atomic E-state index is 4.16. The van der Waals surface area contributed by atoms with Gasteiger partial charge in [-0.25, -0.2) is 0 Å². The van der Waals surface area contributed by atoms with E-state index in [1.54, 1.807) is 0 Å². The highest BCUT2D eigenvalue weighted by molar-refractivity contribution is 5.12. The Labute approximate surface area is 131 Å². The molecular weight excluding hydrogens is 242 g/mol. The first-order valence-electron chi connectivity index (χ1n) is 8.72. The van der Waals surface area contributed by atoms with Crippen LogP contribution in [0.15, 0.2) is 12.2 Å². The monoisotopic (exact) mass is 287 g/mol. The summed E-state index contributed by atoms with van der Waals surface area (Å²) in [6.07, 6.45) is 4.97. The summed E-state index contributed by atoms with van der Waals surface area (Å²) in [4.78, 5) is 0. The van der Waals surface area contributed by atoms with Crippen LogP contribution in [0.5, 0.6) is 0 Å². The van der Waals surface area contributed by atoms with Crippen LogP contribution in [0, 0.1) is 5.92 Å². The summed E-state index contributed by atoms with van der Waals surface area (Å²) in [5, 5.41) is 3.29. The lowest BCUT2D eigenvalue weighted by Crippen LogP contribution is -2.38. The highest BCUT2D eigenvalue weighted by atomic mass is 14.9. The summed E-state index contributed by atoms with van der Waals surface area (Å²) in [7, 11) is 2.00. The van der Waals surface area contributed by atoms with Gasteiger partial charge in [0.2, 0.25) is 0 Å². The van der Waals surface area contributed by atoms with Crippen LogP contribution < -0.4 is 5.32 Å². The van der Waals surface area contributed by atoms with Gasteiger partial charge in [-0.15, -0.1) is 0 Å². The molecule has 0 saturated carbocycles. The van der Waals surface area contributed by atoms with Gasteiger partial charge in [0.25, 0.3) is 0 Å². The van der Waals surface area contributed by atoms with Gasteiger partial charge in [0, 0.05) is 5.54 Å². The number of hydrogen-bond donors (Lipinski definition) is 1. The molecule has 0 aliphatic heterocycles. The third-order valence-electron chi connectivity index (χ3n) is 2.89. The minimum Gasteiger partial charge on any atom is -0.311 e. The summed E-state index contributed by atoms with van der Waals surface area (Å²) < 4.78 is 0. The van der Waals surface area contributed by atoms with E-state index in [0.717, 1.165) is 12.3 Å². The van der Waals surface area contributed by atoms with Crippen molar-refractivity contribution < 1.29 is 0 Å². The van der Waals surface area contributed by atoms with Gasteiger partial charge in [0.15, 0.2) is 0 Å². The van der Waals surface area contributed by atoms with E-state index in [2.05, 4.69) is 53.4 Å². The van der Waals surface area contributed by atoms with Crippen LogP contribution >= 0.6 is 0 Å². The van der Waals surface area contributed by atoms with E-state index in [-0.39, 0.29) is 5.54 Å². The van der Waals surface area contributed by atoms with E-state index < -0.39 is 0 Å². The molecule has 1 N–H and O–H groups in total. The first kappa shape index (κ1) is 27.9. The molecule has 0 aliphatic carbocycles. The average Bonchev–Trinajstić information content (AvgIpc) is 2.44. The van der Waals surface area contributed by atoms with E-state index in [1.807, 2.05) is 34.7 Å². The first-order valence-corrected chi connectivity index (χ1v) is 8.72. The normalized spacial score (nSPS) is 10.8. The van der Waals surface area contributed by atoms with Crippen LogP contribution in [0.2, 0.25) is 0 Å². The Balaban J connectivity index is -0.000000155. The van der Waals surface area contributed by atoms with Gasteiger partial charge in [0.05, 0.1) is 0 Å². The summed E-state index contributed by atoms with van der Waals surface area (Å²) in [6.45, 7) is 25.3. The third-order valence-corrected chi connectivity index (χ3v) is 2.89. The van der Waals surface area contributed by atoms with E-state index in [9.17, 15) is 0 Å². The van der Waals surface area contributed by atoms with Crippen molar-refractivity contribution in [3.8, 4) is 0 Å². The topological polar surface area (TPSA) is 12.0 Å². The molecule has 0 aliphatic rings. The minimum absolute atomic E-state index is 0.0853. The maximum atomic E-state index is 4.16. The molecule has 0 radical (unpaired) electrons. The maximum Gasteiger partial charge on any atom is 0.0331 e. The molecule has 0 heterocycles. The fraction of sp³-hybridized carbons (Fsp3) is 0.895. The predicted octanol–water partition coefficient (Wildman–Crippen LogP) is 6.84. The molecule has 1 heteroatoms. The molecule has 0 amide bonds. The van der Waals surface area contributed by atoms with E-state index in [0.29, 0.717) is 0 Å². The number of rotatable bonds is 6. The van der Waals surface area contributed by atoms with Gasteiger partial charge in [0.1, 0.15) is 0 Å². The highest BCUT2D eigenvalue weighted by Crippen LogP contribution is 2.23. The second-order valence-electron chi connectivity index (χ2n) is 5.28. The van der Waals surface area contributed by atoms with Gasteiger partial charge in [-0.05, 0) is 33.2 Å². The quantitative estimate of drug-likeness (QED) is 0.527. The molecule has 0 aromatic rings. The van der Waals surface area contributed by atoms with Crippen molar-refractivity contribution in [2.75, 3.05) is 7.05 Å². The largest absolute Gasteiger partial charge is 0.311 e. The van der Waals surface area contributed by atoms with Crippen molar-refractivity contribution in [1.29, 1.82) is 0 Å². The van der Waals surface area contributed by atoms with Gasteiger partial charge in [-0.1, -0.05) is 86.8 Å². The molecule has 126 valence electrons. The van der Waals surface area contributed by atoms with E-state index >= 15 is 0 Å². The highest BCUT2D eigenvalue weighted by Gasteiger charge is 2.19. The van der Waals surface area contributed by atoms with Crippen LogP contribution in [-0.4, -0.2) is 12.6 Å². The van der Waals surface area contributed by atoms with Crippen LogP contribution in [-0.2, 0) is 0 Å². The second-order valence-corrected chi connectivity index (χ2v) is 5.28. The Hall–Kier alpha value is -0.300. The summed E-state index contributed by atoms with van der Waals surface area (Å²) in [5.41, 5.74) is 1.40. The smallest absolute Gasteiger partial charge is 0.0331 e. The van der Waals surface area contributed by atoms with Crippen LogP contribution in [0.4, 0.5) is 0 Å². The van der Waals surface area contributed by atoms with E-state index in [1.165, 1.54) is 24.8 Å². The zero-order chi connectivity index (χ0) is 17.2. The van der Waals surface area contributed by atoms with Crippen LogP contribution in [0.1, 0.15) is 94.9 Å². The van der Waals surface area contributed by atoms with Crippen molar-refractivity contribution in [2.45, 2.75) is 100 Å². The molecule has 0 rings (SSSR count). The molecule has 0 aromatic heterocycles. The Morgan fingerprint density at radius 3 is 1.65 bits per heavy atom. The molecule has 0 bridgehead atoms. The molecule has 0 aromatic carbocycles. The standard InChI is InChI=1S/C12H25N.C3H8.2C2H6/c1-7-8-10(2)9-11(3)12(4,5)13-6;1-3-2;2*1-2/h10,13H,3,7-9H2,1-2,4-6H3;3H2,1-2H3;2*1-2H3. The van der Waals surface area contributed by atoms with Gasteiger partial charge in [-0.2, -0.15) is 0 Å². The van der Waals surface area contributed by atoms with Crippen molar-refractivity contribution >= 4 is 0 Å². The van der Waals surface area contributed by atoms with E-state index in [4.69, 9.17) is 0 Å². The van der Waals surface area contributed by atoms with Crippen molar-refractivity contribution in [3.05, 3.63) is 12.2 Å². The number of likely N-dealkylation sites (N-methyl/N-ethyl adjacent to an activating group) is 1. The second kappa shape index (κ2) is 21.0. The summed E-state index contributed by atoms with van der Waals surface area (Å²) in [6, 6.07) is 0. The Bertz CT molecular complexity index is 171. The summed E-state index contributed by atoms with van der Waals surface area (Å²) in [5.74, 6) is 0.769. The molecule has 1 nitrogen and oxygen atoms in total. The fourth-order valence-corrected chi connectivity index (χ4v) is 1.45. The average molecular weight is 288 g/mol. The fourth-order valence-electron chi connectivity index (χ4n) is 1.45. The summed E-state index contributed by atoms with van der Waals surface area (Å²) >= 11 is 0. The van der Waals surface area contributed by atoms with Crippen LogP contribution in [0.25, 0.3) is 0 Å². The zero-order valence-electron chi connectivity index (χ0n) is 16.6. The van der Waals surface area contributed by atoms with Gasteiger partial charge in [-0.3, -0.25) is 0 Å². The zero-order valence-corrected chi connectivity index (χ0v) is 16.6. The number of nitrogens with one attached hydrogen (secondary N) is 1. The Morgan fingerprint density at radius 1 is 1.05 bits per heavy atom.